The first-order valence-corrected chi connectivity index (χ1v) is 7.50. The first kappa shape index (κ1) is 13.7. The topological polar surface area (TPSA) is 102 Å². The summed E-state index contributed by atoms with van der Waals surface area (Å²) < 4.78 is 26.3. The molecule has 0 amide bonds. The summed E-state index contributed by atoms with van der Waals surface area (Å²) in [7, 11) is -4.01. The van der Waals surface area contributed by atoms with Gasteiger partial charge in [0.15, 0.2) is 5.13 Å². The van der Waals surface area contributed by atoms with E-state index in [-0.39, 0.29) is 20.7 Å². The fourth-order valence-corrected chi connectivity index (χ4v) is 3.56. The number of nitro benzene ring substituents is 1. The van der Waals surface area contributed by atoms with E-state index in [0.29, 0.717) is 0 Å². The van der Waals surface area contributed by atoms with E-state index in [0.717, 1.165) is 29.5 Å². The molecule has 0 spiro atoms. The molecule has 1 aromatic heterocycles. The summed E-state index contributed by atoms with van der Waals surface area (Å²) in [6.07, 6.45) is 1.43. The Labute approximate surface area is 117 Å². The maximum Gasteiger partial charge on any atom is 0.270 e. The van der Waals surface area contributed by atoms with Gasteiger partial charge < -0.3 is 0 Å². The molecule has 0 radical (unpaired) electrons. The molecule has 1 aromatic carbocycles. The number of anilines is 1. The first-order valence-electron chi connectivity index (χ1n) is 4.76. The molecular formula is C9H6ClN3O4S2. The average molecular weight is 320 g/mol. The number of aromatic nitrogens is 1. The lowest BCUT2D eigenvalue weighted by Gasteiger charge is -2.06. The second kappa shape index (κ2) is 5.11. The van der Waals surface area contributed by atoms with Crippen molar-refractivity contribution in [3.63, 3.8) is 0 Å². The second-order valence-corrected chi connectivity index (χ2v) is 6.27. The van der Waals surface area contributed by atoms with Crippen LogP contribution in [-0.2, 0) is 10.0 Å². The lowest BCUT2D eigenvalue weighted by atomic mass is 10.3. The molecule has 2 aromatic rings. The number of thiazole rings is 1. The zero-order chi connectivity index (χ0) is 14.0. The molecule has 2 rings (SSSR count). The third-order valence-electron chi connectivity index (χ3n) is 2.07. The van der Waals surface area contributed by atoms with Gasteiger partial charge in [0.2, 0.25) is 0 Å². The van der Waals surface area contributed by atoms with E-state index < -0.39 is 14.9 Å². The second-order valence-electron chi connectivity index (χ2n) is 3.31. The van der Waals surface area contributed by atoms with Gasteiger partial charge in [-0.1, -0.05) is 11.6 Å². The van der Waals surface area contributed by atoms with Crippen molar-refractivity contribution >= 4 is 43.8 Å². The Balaban J connectivity index is 2.45. The van der Waals surface area contributed by atoms with Gasteiger partial charge in [-0.25, -0.2) is 13.4 Å². The van der Waals surface area contributed by atoms with E-state index in [2.05, 4.69) is 9.71 Å². The number of non-ortho nitro benzene ring substituents is 1. The fourth-order valence-electron chi connectivity index (χ4n) is 1.26. The maximum atomic E-state index is 12.0. The standard InChI is InChI=1S/C9H6ClN3O4S2/c10-7-2-1-6(13(14)15)5-8(7)19(16,17)12-9-11-3-4-18-9/h1-5H,(H,11,12). The van der Waals surface area contributed by atoms with E-state index in [1.165, 1.54) is 6.20 Å². The van der Waals surface area contributed by atoms with Crippen LogP contribution in [0.3, 0.4) is 0 Å². The molecule has 0 aliphatic heterocycles. The van der Waals surface area contributed by atoms with E-state index in [1.807, 2.05) is 0 Å². The van der Waals surface area contributed by atoms with Gasteiger partial charge in [-0.05, 0) is 6.07 Å². The molecule has 0 fully saturated rings. The first-order chi connectivity index (χ1) is 8.90. The number of rotatable bonds is 4. The normalized spacial score (nSPS) is 11.2. The smallest absolute Gasteiger partial charge is 0.258 e. The van der Waals surface area contributed by atoms with Crippen LogP contribution in [0.4, 0.5) is 10.8 Å². The van der Waals surface area contributed by atoms with Crippen LogP contribution in [0, 0.1) is 10.1 Å². The number of nitrogens with zero attached hydrogens (tertiary/aromatic N) is 2. The van der Waals surface area contributed by atoms with Crippen molar-refractivity contribution in [3.8, 4) is 0 Å². The van der Waals surface area contributed by atoms with Crippen LogP contribution in [-0.4, -0.2) is 18.3 Å². The van der Waals surface area contributed by atoms with Gasteiger partial charge >= 0.3 is 0 Å². The van der Waals surface area contributed by atoms with E-state index in [1.54, 1.807) is 5.38 Å². The van der Waals surface area contributed by atoms with E-state index in [9.17, 15) is 18.5 Å². The van der Waals surface area contributed by atoms with Crippen LogP contribution >= 0.6 is 22.9 Å². The summed E-state index contributed by atoms with van der Waals surface area (Å²) in [4.78, 5) is 13.4. The summed E-state index contributed by atoms with van der Waals surface area (Å²) in [6.45, 7) is 0. The lowest BCUT2D eigenvalue weighted by Crippen LogP contribution is -2.13. The van der Waals surface area contributed by atoms with Gasteiger partial charge in [-0.15, -0.1) is 11.3 Å². The molecule has 10 heteroatoms. The van der Waals surface area contributed by atoms with Crippen LogP contribution in [0.2, 0.25) is 5.02 Å². The SMILES string of the molecule is O=[N+]([O-])c1ccc(Cl)c(S(=O)(=O)Nc2nccs2)c1. The molecular weight excluding hydrogens is 314 g/mol. The third-order valence-corrected chi connectivity index (χ3v) is 4.71. The molecule has 100 valence electrons. The van der Waals surface area contributed by atoms with E-state index in [4.69, 9.17) is 11.6 Å². The van der Waals surface area contributed by atoms with Crippen molar-refractivity contribution in [2.45, 2.75) is 4.90 Å². The molecule has 1 N–H and O–H groups in total. The summed E-state index contributed by atoms with van der Waals surface area (Å²) in [5, 5.41) is 12.3. The van der Waals surface area contributed by atoms with Gasteiger partial charge in [0.05, 0.1) is 9.95 Å². The van der Waals surface area contributed by atoms with Crippen LogP contribution < -0.4 is 4.72 Å². The van der Waals surface area contributed by atoms with Gasteiger partial charge in [-0.3, -0.25) is 14.8 Å². The lowest BCUT2D eigenvalue weighted by molar-refractivity contribution is -0.385. The highest BCUT2D eigenvalue weighted by atomic mass is 35.5. The Hall–Kier alpha value is -1.71. The highest BCUT2D eigenvalue weighted by Gasteiger charge is 2.22. The van der Waals surface area contributed by atoms with Crippen molar-refractivity contribution in [1.29, 1.82) is 0 Å². The molecule has 0 atom stereocenters. The van der Waals surface area contributed by atoms with Gasteiger partial charge in [-0.2, -0.15) is 0 Å². The molecule has 0 aliphatic rings. The maximum absolute atomic E-state index is 12.0. The summed E-state index contributed by atoms with van der Waals surface area (Å²) in [6, 6.07) is 3.19. The summed E-state index contributed by atoms with van der Waals surface area (Å²) in [5.74, 6) is 0. The fraction of sp³-hybridized carbons (Fsp3) is 0. The Morgan fingerprint density at radius 2 is 2.16 bits per heavy atom. The quantitative estimate of drug-likeness (QED) is 0.689. The van der Waals surface area contributed by atoms with Crippen LogP contribution in [0.1, 0.15) is 0 Å². The monoisotopic (exact) mass is 319 g/mol. The number of hydrogen-bond donors (Lipinski definition) is 1. The van der Waals surface area contributed by atoms with E-state index >= 15 is 0 Å². The van der Waals surface area contributed by atoms with Crippen molar-refractivity contribution in [2.24, 2.45) is 0 Å². The minimum Gasteiger partial charge on any atom is -0.258 e. The predicted molar refractivity (Wildman–Crippen MR) is 71.0 cm³/mol. The highest BCUT2D eigenvalue weighted by Crippen LogP contribution is 2.28. The minimum atomic E-state index is -4.01. The third kappa shape index (κ3) is 3.00. The average Bonchev–Trinajstić information content (AvgIpc) is 2.81. The Morgan fingerprint density at radius 3 is 2.74 bits per heavy atom. The molecule has 19 heavy (non-hydrogen) atoms. The summed E-state index contributed by atoms with van der Waals surface area (Å²) >= 11 is 6.85. The number of hydrogen-bond acceptors (Lipinski definition) is 6. The number of sulfonamides is 1. The molecule has 1 heterocycles. The summed E-state index contributed by atoms with van der Waals surface area (Å²) in [5.41, 5.74) is -0.357. The van der Waals surface area contributed by atoms with Crippen molar-refractivity contribution < 1.29 is 13.3 Å². The van der Waals surface area contributed by atoms with Gasteiger partial charge in [0.1, 0.15) is 4.90 Å². The van der Waals surface area contributed by atoms with Crippen molar-refractivity contribution in [2.75, 3.05) is 4.72 Å². The van der Waals surface area contributed by atoms with Crippen LogP contribution in [0.15, 0.2) is 34.7 Å². The molecule has 0 unspecified atom stereocenters. The molecule has 0 saturated heterocycles. The number of halogens is 1. The van der Waals surface area contributed by atoms with Gasteiger partial charge in [0, 0.05) is 23.7 Å². The van der Waals surface area contributed by atoms with Crippen LogP contribution in [0.25, 0.3) is 0 Å². The Morgan fingerprint density at radius 1 is 1.42 bits per heavy atom. The zero-order valence-corrected chi connectivity index (χ0v) is 11.5. The van der Waals surface area contributed by atoms with Crippen molar-refractivity contribution in [1.82, 2.24) is 4.98 Å². The molecule has 0 saturated carbocycles. The van der Waals surface area contributed by atoms with Crippen LogP contribution in [0.5, 0.6) is 0 Å². The highest BCUT2D eigenvalue weighted by molar-refractivity contribution is 7.93. The Bertz CT molecular complexity index is 715. The molecule has 0 aliphatic carbocycles. The van der Waals surface area contributed by atoms with Gasteiger partial charge in [0.25, 0.3) is 15.7 Å². The van der Waals surface area contributed by atoms with Crippen molar-refractivity contribution in [3.05, 3.63) is 44.9 Å². The molecule has 7 nitrogen and oxygen atoms in total. The number of nitro groups is 1. The Kier molecular flexibility index (Phi) is 3.69. The predicted octanol–water partition coefficient (Wildman–Crippen LogP) is 2.51. The number of benzene rings is 1. The number of nitrogens with one attached hydrogen (secondary N) is 1. The zero-order valence-electron chi connectivity index (χ0n) is 9.11. The molecule has 0 bridgehead atoms. The largest absolute Gasteiger partial charge is 0.270 e. The minimum absolute atomic E-state index is 0.102.